The molecule has 0 amide bonds. The average molecular weight is 196 g/mol. The third-order valence-corrected chi connectivity index (χ3v) is 2.29. The lowest BCUT2D eigenvalue weighted by atomic mass is 10.1. The molecule has 0 radical (unpaired) electrons. The van der Waals surface area contributed by atoms with E-state index >= 15 is 0 Å². The third-order valence-electron chi connectivity index (χ3n) is 2.29. The standard InChI is InChI=1S/C14H12O/c15-14(13-8-2-1-3-9-13)11-10-12-6-4-5-7-12/h1-4,6-11H,5H2. The van der Waals surface area contributed by atoms with Gasteiger partial charge in [-0.2, -0.15) is 0 Å². The molecule has 0 bridgehead atoms. The SMILES string of the molecule is O=C(C=CC1=CCC=C1)c1ccccc1. The Morgan fingerprint density at radius 3 is 2.67 bits per heavy atom. The Balaban J connectivity index is 2.07. The van der Waals surface area contributed by atoms with Crippen molar-refractivity contribution in [2.45, 2.75) is 6.42 Å². The van der Waals surface area contributed by atoms with Gasteiger partial charge in [0.05, 0.1) is 0 Å². The van der Waals surface area contributed by atoms with E-state index in [0.717, 1.165) is 17.6 Å². The van der Waals surface area contributed by atoms with Crippen molar-refractivity contribution in [3.8, 4) is 0 Å². The summed E-state index contributed by atoms with van der Waals surface area (Å²) in [4.78, 5) is 11.7. The highest BCUT2D eigenvalue weighted by molar-refractivity contribution is 6.04. The fourth-order valence-corrected chi connectivity index (χ4v) is 1.47. The van der Waals surface area contributed by atoms with Gasteiger partial charge in [-0.25, -0.2) is 0 Å². The van der Waals surface area contributed by atoms with E-state index in [1.807, 2.05) is 42.5 Å². The van der Waals surface area contributed by atoms with Crippen molar-refractivity contribution in [1.29, 1.82) is 0 Å². The van der Waals surface area contributed by atoms with Gasteiger partial charge in [-0.05, 0) is 18.1 Å². The predicted molar refractivity (Wildman–Crippen MR) is 61.8 cm³/mol. The molecule has 0 saturated carbocycles. The molecule has 2 rings (SSSR count). The van der Waals surface area contributed by atoms with Crippen LogP contribution in [0.2, 0.25) is 0 Å². The normalized spacial score (nSPS) is 14.5. The highest BCUT2D eigenvalue weighted by Gasteiger charge is 1.99. The zero-order chi connectivity index (χ0) is 10.5. The van der Waals surface area contributed by atoms with Crippen molar-refractivity contribution >= 4 is 5.78 Å². The van der Waals surface area contributed by atoms with Crippen LogP contribution in [0.3, 0.4) is 0 Å². The molecule has 0 aliphatic heterocycles. The Hall–Kier alpha value is -1.89. The van der Waals surface area contributed by atoms with Gasteiger partial charge in [-0.15, -0.1) is 0 Å². The number of benzene rings is 1. The number of hydrogen-bond acceptors (Lipinski definition) is 1. The minimum Gasteiger partial charge on any atom is -0.289 e. The predicted octanol–water partition coefficient (Wildman–Crippen LogP) is 3.31. The molecular weight excluding hydrogens is 184 g/mol. The van der Waals surface area contributed by atoms with Crippen LogP contribution < -0.4 is 0 Å². The van der Waals surface area contributed by atoms with Crippen LogP contribution in [0, 0.1) is 0 Å². The van der Waals surface area contributed by atoms with Gasteiger partial charge in [0, 0.05) is 5.56 Å². The summed E-state index contributed by atoms with van der Waals surface area (Å²) in [6, 6.07) is 9.30. The molecule has 1 aliphatic carbocycles. The van der Waals surface area contributed by atoms with Crippen molar-refractivity contribution in [1.82, 2.24) is 0 Å². The van der Waals surface area contributed by atoms with Crippen molar-refractivity contribution in [3.63, 3.8) is 0 Å². The Morgan fingerprint density at radius 1 is 1.20 bits per heavy atom. The summed E-state index contributed by atoms with van der Waals surface area (Å²) in [7, 11) is 0. The molecular formula is C14H12O. The van der Waals surface area contributed by atoms with Gasteiger partial charge in [0.25, 0.3) is 0 Å². The van der Waals surface area contributed by atoms with E-state index in [9.17, 15) is 4.79 Å². The van der Waals surface area contributed by atoms with Gasteiger partial charge < -0.3 is 0 Å². The number of allylic oxidation sites excluding steroid dienone is 6. The van der Waals surface area contributed by atoms with Gasteiger partial charge >= 0.3 is 0 Å². The monoisotopic (exact) mass is 196 g/mol. The zero-order valence-electron chi connectivity index (χ0n) is 8.39. The highest BCUT2D eigenvalue weighted by atomic mass is 16.1. The van der Waals surface area contributed by atoms with Crippen LogP contribution in [-0.2, 0) is 0 Å². The van der Waals surface area contributed by atoms with Crippen molar-refractivity contribution in [2.75, 3.05) is 0 Å². The van der Waals surface area contributed by atoms with Crippen LogP contribution in [0.5, 0.6) is 0 Å². The van der Waals surface area contributed by atoms with Crippen LogP contribution in [0.15, 0.2) is 66.3 Å². The number of carbonyl (C=O) groups is 1. The molecule has 0 saturated heterocycles. The van der Waals surface area contributed by atoms with Crippen molar-refractivity contribution in [2.24, 2.45) is 0 Å². The maximum Gasteiger partial charge on any atom is 0.185 e. The lowest BCUT2D eigenvalue weighted by Crippen LogP contribution is -1.92. The van der Waals surface area contributed by atoms with Crippen LogP contribution in [0.25, 0.3) is 0 Å². The van der Waals surface area contributed by atoms with Crippen LogP contribution in [0.1, 0.15) is 16.8 Å². The van der Waals surface area contributed by atoms with Gasteiger partial charge in [0.2, 0.25) is 0 Å². The van der Waals surface area contributed by atoms with Gasteiger partial charge in [-0.3, -0.25) is 4.79 Å². The number of carbonyl (C=O) groups excluding carboxylic acids is 1. The number of hydrogen-bond donors (Lipinski definition) is 0. The van der Waals surface area contributed by atoms with E-state index in [-0.39, 0.29) is 5.78 Å². The first kappa shape index (κ1) is 9.66. The third kappa shape index (κ3) is 2.53. The maximum atomic E-state index is 11.7. The second kappa shape index (κ2) is 4.56. The molecule has 1 aromatic carbocycles. The molecule has 0 N–H and O–H groups in total. The molecule has 0 atom stereocenters. The van der Waals surface area contributed by atoms with Crippen LogP contribution >= 0.6 is 0 Å². The molecule has 74 valence electrons. The Kier molecular flexibility index (Phi) is 2.93. The second-order valence-electron chi connectivity index (χ2n) is 3.41. The molecule has 0 fully saturated rings. The second-order valence-corrected chi connectivity index (χ2v) is 3.41. The summed E-state index contributed by atoms with van der Waals surface area (Å²) in [5, 5.41) is 0. The minimum atomic E-state index is 0.0526. The summed E-state index contributed by atoms with van der Waals surface area (Å²) >= 11 is 0. The van der Waals surface area contributed by atoms with Gasteiger partial charge in [0.1, 0.15) is 0 Å². The van der Waals surface area contributed by atoms with E-state index in [1.54, 1.807) is 6.08 Å². The fraction of sp³-hybridized carbons (Fsp3) is 0.0714. The Bertz CT molecular complexity index is 436. The average Bonchev–Trinajstić information content (AvgIpc) is 2.80. The topological polar surface area (TPSA) is 17.1 Å². The van der Waals surface area contributed by atoms with Crippen LogP contribution in [0.4, 0.5) is 0 Å². The fourth-order valence-electron chi connectivity index (χ4n) is 1.47. The van der Waals surface area contributed by atoms with E-state index in [4.69, 9.17) is 0 Å². The van der Waals surface area contributed by atoms with Gasteiger partial charge in [-0.1, -0.05) is 54.6 Å². The lowest BCUT2D eigenvalue weighted by Gasteiger charge is -1.93. The molecule has 0 spiro atoms. The Morgan fingerprint density at radius 2 is 2.00 bits per heavy atom. The quantitative estimate of drug-likeness (QED) is 0.535. The molecule has 0 unspecified atom stereocenters. The van der Waals surface area contributed by atoms with Crippen LogP contribution in [-0.4, -0.2) is 5.78 Å². The van der Waals surface area contributed by atoms with E-state index < -0.39 is 0 Å². The molecule has 1 heteroatoms. The lowest BCUT2D eigenvalue weighted by molar-refractivity contribution is 0.104. The van der Waals surface area contributed by atoms with Crippen molar-refractivity contribution < 1.29 is 4.79 Å². The molecule has 1 nitrogen and oxygen atoms in total. The molecule has 0 aromatic heterocycles. The minimum absolute atomic E-state index is 0.0526. The van der Waals surface area contributed by atoms with E-state index in [0.29, 0.717) is 0 Å². The number of ketones is 1. The smallest absolute Gasteiger partial charge is 0.185 e. The largest absolute Gasteiger partial charge is 0.289 e. The van der Waals surface area contributed by atoms with Gasteiger partial charge in [0.15, 0.2) is 5.78 Å². The first-order chi connectivity index (χ1) is 7.36. The summed E-state index contributed by atoms with van der Waals surface area (Å²) in [5.74, 6) is 0.0526. The summed E-state index contributed by atoms with van der Waals surface area (Å²) in [6.07, 6.45) is 10.6. The highest BCUT2D eigenvalue weighted by Crippen LogP contribution is 2.10. The van der Waals surface area contributed by atoms with E-state index in [2.05, 4.69) is 12.2 Å². The number of rotatable bonds is 3. The molecule has 0 heterocycles. The first-order valence-corrected chi connectivity index (χ1v) is 5.00. The molecule has 1 aliphatic rings. The van der Waals surface area contributed by atoms with Crippen molar-refractivity contribution in [3.05, 3.63) is 71.8 Å². The first-order valence-electron chi connectivity index (χ1n) is 5.00. The van der Waals surface area contributed by atoms with E-state index in [1.165, 1.54) is 0 Å². The summed E-state index contributed by atoms with van der Waals surface area (Å²) in [6.45, 7) is 0. The molecule has 15 heavy (non-hydrogen) atoms. The zero-order valence-corrected chi connectivity index (χ0v) is 8.39. The Labute approximate surface area is 89.4 Å². The summed E-state index contributed by atoms with van der Waals surface area (Å²) < 4.78 is 0. The molecule has 1 aromatic rings. The summed E-state index contributed by atoms with van der Waals surface area (Å²) in [5.41, 5.74) is 1.84. The maximum absolute atomic E-state index is 11.7.